The highest BCUT2D eigenvalue weighted by Gasteiger charge is 2.64. The molecule has 460 valence electrons. The Morgan fingerprint density at radius 2 is 1.73 bits per heavy atom. The van der Waals surface area contributed by atoms with Crippen LogP contribution in [0.25, 0.3) is 0 Å². The normalized spacial score (nSPS) is 25.1. The van der Waals surface area contributed by atoms with Crippen molar-refractivity contribution in [1.29, 1.82) is 0 Å². The molecule has 10 N–H and O–H groups in total. The van der Waals surface area contributed by atoms with Gasteiger partial charge >= 0.3 is 12.2 Å². The molecule has 9 atom stereocenters. The first-order chi connectivity index (χ1) is 39.8. The summed E-state index contributed by atoms with van der Waals surface area (Å²) in [5.74, 6) is -4.47. The van der Waals surface area contributed by atoms with E-state index in [0.29, 0.717) is 38.8 Å². The molecule has 84 heavy (non-hydrogen) atoms. The molecule has 7 amide bonds. The van der Waals surface area contributed by atoms with Crippen LogP contribution in [-0.2, 0) is 54.1 Å². The number of unbranched alkanes of at least 4 members (excludes halogenated alkanes) is 1. The van der Waals surface area contributed by atoms with Crippen LogP contribution in [0.2, 0.25) is 10.0 Å². The number of hydrogen-bond donors (Lipinski definition) is 9. The molecule has 4 heterocycles. The smallest absolute Gasteiger partial charge is 0.412 e. The third-order valence-corrected chi connectivity index (χ3v) is 15.7. The van der Waals surface area contributed by atoms with Crippen LogP contribution in [0.15, 0.2) is 60.2 Å². The van der Waals surface area contributed by atoms with E-state index in [0.717, 1.165) is 28.2 Å². The van der Waals surface area contributed by atoms with Crippen molar-refractivity contribution in [3.63, 3.8) is 0 Å². The van der Waals surface area contributed by atoms with Gasteiger partial charge in [0.05, 0.1) is 55.2 Å². The van der Waals surface area contributed by atoms with Gasteiger partial charge in [-0.15, -0.1) is 0 Å². The van der Waals surface area contributed by atoms with Crippen LogP contribution >= 0.6 is 35.4 Å². The summed E-state index contributed by atoms with van der Waals surface area (Å²) in [7, 11) is 4.32. The summed E-state index contributed by atoms with van der Waals surface area (Å²) >= 11 is 19.0. The van der Waals surface area contributed by atoms with Gasteiger partial charge in [-0.3, -0.25) is 44.8 Å². The summed E-state index contributed by atoms with van der Waals surface area (Å²) in [5, 5.41) is 31.1. The lowest BCUT2D eigenvalue weighted by atomic mass is 9.83. The zero-order chi connectivity index (χ0) is 61.6. The van der Waals surface area contributed by atoms with E-state index in [-0.39, 0.29) is 82.9 Å². The fourth-order valence-electron chi connectivity index (χ4n) is 9.97. The molecule has 6 rings (SSSR count). The number of nitrogens with two attached hydrogens (primary N) is 1. The maximum atomic E-state index is 16.2. The number of anilines is 3. The van der Waals surface area contributed by atoms with Gasteiger partial charge in [-0.05, 0) is 94.4 Å². The number of benzene rings is 2. The van der Waals surface area contributed by atoms with E-state index in [1.54, 1.807) is 52.0 Å². The van der Waals surface area contributed by atoms with Crippen molar-refractivity contribution in [3.05, 3.63) is 81.6 Å². The quantitative estimate of drug-likeness (QED) is 0.0245. The van der Waals surface area contributed by atoms with E-state index in [4.69, 9.17) is 69.6 Å². The van der Waals surface area contributed by atoms with Crippen molar-refractivity contribution in [1.82, 2.24) is 31.5 Å². The number of aliphatic hydroxyl groups is 1. The van der Waals surface area contributed by atoms with Gasteiger partial charge in [0.2, 0.25) is 17.7 Å². The number of imide groups is 1. The number of halogens is 3. The minimum Gasteiger partial charge on any atom is -0.495 e. The molecule has 4 aliphatic heterocycles. The van der Waals surface area contributed by atoms with Crippen molar-refractivity contribution in [2.45, 2.75) is 127 Å². The van der Waals surface area contributed by atoms with Crippen molar-refractivity contribution >= 4 is 99.3 Å². The van der Waals surface area contributed by atoms with Gasteiger partial charge in [-0.1, -0.05) is 67.8 Å². The van der Waals surface area contributed by atoms with Crippen LogP contribution < -0.4 is 52.6 Å². The Morgan fingerprint density at radius 1 is 1.00 bits per heavy atom. The Morgan fingerprint density at radius 3 is 2.40 bits per heavy atom. The zero-order valence-electron chi connectivity index (χ0n) is 48.1. The van der Waals surface area contributed by atoms with E-state index >= 15 is 4.39 Å². The number of amides is 7. The molecule has 0 spiro atoms. The summed E-state index contributed by atoms with van der Waals surface area (Å²) < 4.78 is 50.5. The summed E-state index contributed by atoms with van der Waals surface area (Å²) in [6.45, 7) is 9.82. The molecule has 0 saturated carbocycles. The first-order valence-electron chi connectivity index (χ1n) is 27.4. The molecule has 0 unspecified atom stereocenters. The second kappa shape index (κ2) is 30.0. The van der Waals surface area contributed by atoms with Gasteiger partial charge in [0, 0.05) is 57.8 Å². The maximum Gasteiger partial charge on any atom is 0.412 e. The minimum absolute atomic E-state index is 0.0211. The molecule has 24 nitrogen and oxygen atoms in total. The predicted molar refractivity (Wildman–Crippen MR) is 314 cm³/mol. The molecule has 4 bridgehead atoms. The summed E-state index contributed by atoms with van der Waals surface area (Å²) in [4.78, 5) is 95.7. The fraction of sp³-hybridized carbons (Fsp3) is 0.536. The number of carbonyl (C=O) groups excluding carboxylic acids is 7. The van der Waals surface area contributed by atoms with Crippen LogP contribution in [0, 0.1) is 17.7 Å². The van der Waals surface area contributed by atoms with E-state index < -0.39 is 102 Å². The number of hydrogen-bond acceptors (Lipinski definition) is 17. The van der Waals surface area contributed by atoms with Crippen LogP contribution in [0.3, 0.4) is 0 Å². The molecule has 0 radical (unpaired) electrons. The van der Waals surface area contributed by atoms with Crippen LogP contribution in [0.1, 0.15) is 78.7 Å². The van der Waals surface area contributed by atoms with E-state index in [1.807, 2.05) is 13.0 Å². The molecular formula is C56H75Cl2FN10O14S. The standard InChI is InChI=1S/C56H75Cl2FN10O14S/c1-30(2)48(66-52(84)62-19-9-10-20-69-44(70)16-17-45(69)71)51(74)63-36(14-12-18-61-29-80-28-60)50(73)64-38-24-34(57)37(25-35(38)59)65-53(75)82-43-26-46(72)68(6)39-22-33(23-40(78-7)47(39)58)21-31(3)13-11-15-42(79-8)56(77)27-41(81-54(76)67-56)32(4)49-55(43,5)83-49/h11,13,15-17,22-25,30,32,36,41-43,48-49,61,77H,9-10,12,14,18-21,26-29,60H2,1-8H3,(H,63,74)(H,64,73)(H,65,75)(H,67,76)(H2,62,66,84)/b15-11+,31-13+/t32-,36+,41+,42-,43+,48+,49+,55+,56+/m1/s1. The number of nitrogens with zero attached hydrogens (tertiary/aromatic N) is 2. The molecular weight excluding hydrogens is 1160 g/mol. The molecule has 2 aromatic carbocycles. The molecule has 2 aromatic rings. The molecule has 4 aliphatic rings. The first kappa shape index (κ1) is 66.6. The van der Waals surface area contributed by atoms with Crippen molar-refractivity contribution in [3.8, 4) is 5.75 Å². The number of nitrogens with one attached hydrogen (secondary N) is 7. The minimum atomic E-state index is -1.93. The second-order valence-corrected chi connectivity index (χ2v) is 22.5. The highest BCUT2D eigenvalue weighted by Crippen LogP contribution is 2.49. The number of thiocarbonyl (C=S) groups is 1. The number of rotatable bonds is 22. The topological polar surface area (TPSA) is 315 Å². The van der Waals surface area contributed by atoms with Crippen LogP contribution in [0.5, 0.6) is 5.75 Å². The highest BCUT2D eigenvalue weighted by atomic mass is 35.5. The Balaban J connectivity index is 1.18. The summed E-state index contributed by atoms with van der Waals surface area (Å²) in [5.41, 5.74) is 3.25. The van der Waals surface area contributed by atoms with Gasteiger partial charge in [0.25, 0.3) is 11.8 Å². The average Bonchev–Trinajstić information content (AvgIpc) is 4.23. The van der Waals surface area contributed by atoms with Crippen molar-refractivity contribution in [2.24, 2.45) is 17.6 Å². The molecule has 0 aliphatic carbocycles. The third-order valence-electron chi connectivity index (χ3n) is 14.8. The Labute approximate surface area is 502 Å². The van der Waals surface area contributed by atoms with Gasteiger partial charge in [0.15, 0.2) is 10.8 Å². The third kappa shape index (κ3) is 17.3. The second-order valence-electron chi connectivity index (χ2n) is 21.3. The monoisotopic (exact) mass is 1230 g/mol. The van der Waals surface area contributed by atoms with Gasteiger partial charge in [-0.25, -0.2) is 14.0 Å². The largest absolute Gasteiger partial charge is 0.495 e. The summed E-state index contributed by atoms with van der Waals surface area (Å²) in [6.07, 6.45) is 2.44. The number of allylic oxidation sites excluding steroid dienone is 3. The molecule has 28 heteroatoms. The molecule has 2 fully saturated rings. The van der Waals surface area contributed by atoms with E-state index in [1.165, 1.54) is 38.3 Å². The number of epoxide rings is 1. The van der Waals surface area contributed by atoms with Gasteiger partial charge in [-0.2, -0.15) is 0 Å². The van der Waals surface area contributed by atoms with Crippen molar-refractivity contribution in [2.75, 3.05) is 69.9 Å². The lowest BCUT2D eigenvalue weighted by Crippen LogP contribution is -2.63. The Hall–Kier alpha value is -6.49. The number of methoxy groups -OCH3 is 2. The first-order valence-corrected chi connectivity index (χ1v) is 28.5. The number of fused-ring (bicyclic) bond motifs is 5. The molecule has 0 aromatic heterocycles. The fourth-order valence-corrected chi connectivity index (χ4v) is 10.7. The lowest BCUT2D eigenvalue weighted by molar-refractivity contribution is -0.142. The predicted octanol–water partition coefficient (Wildman–Crippen LogP) is 5.04. The average molecular weight is 1230 g/mol. The van der Waals surface area contributed by atoms with Crippen molar-refractivity contribution < 1.29 is 71.5 Å². The number of ether oxygens (including phenoxy) is 6. The summed E-state index contributed by atoms with van der Waals surface area (Å²) in [6, 6.07) is 3.22. The van der Waals surface area contributed by atoms with Gasteiger partial charge in [0.1, 0.15) is 52.6 Å². The Bertz CT molecular complexity index is 2870. The molecule has 2 saturated heterocycles. The van der Waals surface area contributed by atoms with Crippen LogP contribution in [-0.4, -0.2) is 159 Å². The van der Waals surface area contributed by atoms with Gasteiger partial charge < -0.3 is 65.4 Å². The lowest BCUT2D eigenvalue weighted by Gasteiger charge is -2.42. The zero-order valence-corrected chi connectivity index (χ0v) is 50.4. The maximum absolute atomic E-state index is 16.2. The van der Waals surface area contributed by atoms with Crippen LogP contribution in [0.4, 0.5) is 31.0 Å². The van der Waals surface area contributed by atoms with E-state index in [2.05, 4.69) is 37.2 Å². The number of alkyl carbamates (subject to hydrolysis) is 1. The SMILES string of the molecule is COc1cc2cc(c1Cl)N(C)C(=O)C[C@H](OC(=O)Nc1cc(F)c(NC(=O)[C@H](CCCNCOCN)NC(=O)[C@@H](NC(=S)NCCCCN3C(=O)C=CC3=O)C(C)C)cc1Cl)[C@]1(C)O[C@H]1[C@H](C)[C@@H]1C[C@@](O)(NC(=O)O1)[C@H](OC)/C=C/C=C(\C)C2. The number of carbonyl (C=O) groups is 7. The Kier molecular flexibility index (Phi) is 23.8. The van der Waals surface area contributed by atoms with E-state index in [9.17, 15) is 38.7 Å². The highest BCUT2D eigenvalue weighted by molar-refractivity contribution is 7.80.